The van der Waals surface area contributed by atoms with E-state index in [1.807, 2.05) is 30.5 Å². The number of anilines is 1. The second-order valence-corrected chi connectivity index (χ2v) is 9.62. The van der Waals surface area contributed by atoms with Crippen molar-refractivity contribution in [2.75, 3.05) is 32.3 Å². The van der Waals surface area contributed by atoms with Crippen LogP contribution in [0.3, 0.4) is 0 Å². The van der Waals surface area contributed by atoms with E-state index >= 15 is 0 Å². The first-order chi connectivity index (χ1) is 16.6. The second-order valence-electron chi connectivity index (χ2n) is 9.62. The van der Waals surface area contributed by atoms with Crippen LogP contribution in [0.2, 0.25) is 0 Å². The van der Waals surface area contributed by atoms with Crippen LogP contribution in [0, 0.1) is 5.41 Å². The van der Waals surface area contributed by atoms with E-state index in [1.165, 1.54) is 12.8 Å². The highest BCUT2D eigenvalue weighted by Gasteiger charge is 2.41. The molecule has 34 heavy (non-hydrogen) atoms. The molecule has 178 valence electrons. The molecule has 9 nitrogen and oxygen atoms in total. The molecule has 0 radical (unpaired) electrons. The van der Waals surface area contributed by atoms with Crippen molar-refractivity contribution in [1.82, 2.24) is 29.6 Å². The van der Waals surface area contributed by atoms with Gasteiger partial charge in [0.1, 0.15) is 17.7 Å². The third-order valence-corrected chi connectivity index (χ3v) is 7.29. The summed E-state index contributed by atoms with van der Waals surface area (Å²) in [6, 6.07) is 7.80. The molecule has 1 aliphatic carbocycles. The van der Waals surface area contributed by atoms with Gasteiger partial charge in [-0.1, -0.05) is 11.3 Å². The molecule has 1 atom stereocenters. The number of hydrogen-bond acceptors (Lipinski definition) is 7. The predicted molar refractivity (Wildman–Crippen MR) is 126 cm³/mol. The lowest BCUT2D eigenvalue weighted by atomic mass is 9.71. The molecule has 4 heterocycles. The summed E-state index contributed by atoms with van der Waals surface area (Å²) < 4.78 is 27.8. The van der Waals surface area contributed by atoms with Gasteiger partial charge >= 0.3 is 0 Å². The van der Waals surface area contributed by atoms with Crippen LogP contribution in [0.4, 0.5) is 10.3 Å². The van der Waals surface area contributed by atoms with Crippen LogP contribution >= 0.6 is 0 Å². The number of fused-ring (bicyclic) bond motifs is 2. The van der Waals surface area contributed by atoms with E-state index in [9.17, 15) is 4.39 Å². The van der Waals surface area contributed by atoms with E-state index in [-0.39, 0.29) is 6.04 Å². The Labute approximate surface area is 196 Å². The quantitative estimate of drug-likeness (QED) is 0.459. The van der Waals surface area contributed by atoms with Crippen LogP contribution in [0.15, 0.2) is 30.5 Å². The molecule has 2 fully saturated rings. The maximum absolute atomic E-state index is 13.3. The highest BCUT2D eigenvalue weighted by molar-refractivity contribution is 5.89. The van der Waals surface area contributed by atoms with Crippen LogP contribution in [-0.4, -0.2) is 62.6 Å². The first kappa shape index (κ1) is 21.3. The average molecular weight is 466 g/mol. The van der Waals surface area contributed by atoms with E-state index in [1.54, 1.807) is 23.2 Å². The van der Waals surface area contributed by atoms with Gasteiger partial charge in [-0.25, -0.2) is 13.6 Å². The Morgan fingerprint density at radius 2 is 2.09 bits per heavy atom. The van der Waals surface area contributed by atoms with Crippen molar-refractivity contribution in [3.05, 3.63) is 30.5 Å². The first-order valence-electron chi connectivity index (χ1n) is 11.8. The van der Waals surface area contributed by atoms with E-state index in [4.69, 9.17) is 14.6 Å². The zero-order chi connectivity index (χ0) is 23.3. The highest BCUT2D eigenvalue weighted by Crippen LogP contribution is 2.42. The average Bonchev–Trinajstić information content (AvgIpc) is 3.46. The molecule has 1 aromatic carbocycles. The molecule has 1 saturated heterocycles. The van der Waals surface area contributed by atoms with Gasteiger partial charge in [-0.05, 0) is 56.4 Å². The number of nitrogens with one attached hydrogen (secondary N) is 1. The third-order valence-electron chi connectivity index (χ3n) is 7.29. The van der Waals surface area contributed by atoms with Crippen molar-refractivity contribution in [1.29, 1.82) is 0 Å². The summed E-state index contributed by atoms with van der Waals surface area (Å²) in [5.41, 5.74) is 4.56. The van der Waals surface area contributed by atoms with E-state index in [2.05, 4.69) is 20.6 Å². The molecule has 4 aromatic rings. The Kier molecular flexibility index (Phi) is 5.13. The number of halogens is 1. The van der Waals surface area contributed by atoms with Gasteiger partial charge in [-0.3, -0.25) is 0 Å². The number of nitrogens with zero attached hydrogens (tertiary/aromatic N) is 6. The Bertz CT molecular complexity index is 1340. The fourth-order valence-corrected chi connectivity index (χ4v) is 5.16. The molecule has 10 heteroatoms. The topological polar surface area (TPSA) is 91.4 Å². The van der Waals surface area contributed by atoms with Crippen molar-refractivity contribution in [3.63, 3.8) is 0 Å². The largest absolute Gasteiger partial charge is 0.479 e. The third kappa shape index (κ3) is 3.48. The number of methoxy groups -OCH3 is 1. The van der Waals surface area contributed by atoms with E-state index < -0.39 is 6.67 Å². The molecule has 1 aliphatic heterocycles. The summed E-state index contributed by atoms with van der Waals surface area (Å²) in [6.07, 6.45) is 6.43. The molecule has 0 unspecified atom stereocenters. The van der Waals surface area contributed by atoms with Crippen LogP contribution in [0.1, 0.15) is 38.6 Å². The summed E-state index contributed by atoms with van der Waals surface area (Å²) in [7, 11) is 1.62. The molecule has 0 amide bonds. The Morgan fingerprint density at radius 3 is 2.79 bits per heavy atom. The lowest BCUT2D eigenvalue weighted by molar-refractivity contribution is -0.131. The van der Waals surface area contributed by atoms with Crippen LogP contribution in [0.5, 0.6) is 5.88 Å². The lowest BCUT2D eigenvalue weighted by Gasteiger charge is -2.46. The highest BCUT2D eigenvalue weighted by atomic mass is 19.1. The fraction of sp³-hybridized carbons (Fsp3) is 0.500. The zero-order valence-corrected chi connectivity index (χ0v) is 19.4. The molecule has 3 aromatic heterocycles. The maximum atomic E-state index is 13.3. The summed E-state index contributed by atoms with van der Waals surface area (Å²) in [6.45, 7) is 3.08. The van der Waals surface area contributed by atoms with Crippen molar-refractivity contribution < 1.29 is 13.9 Å². The number of ether oxygens (including phenoxy) is 2. The van der Waals surface area contributed by atoms with Gasteiger partial charge in [-0.15, -0.1) is 10.2 Å². The monoisotopic (exact) mass is 465 g/mol. The SMILES string of the molecule is COc1nc(NC2CCC3(CC2)COC3)nn2ccc(-c3ccc4nnn([C@@H](C)CF)c4c3)c12. The summed E-state index contributed by atoms with van der Waals surface area (Å²) in [5.74, 6) is 1.06. The minimum atomic E-state index is -0.509. The van der Waals surface area contributed by atoms with Gasteiger partial charge in [0, 0.05) is 23.2 Å². The molecule has 1 N–H and O–H groups in total. The predicted octanol–water partition coefficient (Wildman–Crippen LogP) is 4.05. The first-order valence-corrected chi connectivity index (χ1v) is 11.8. The molecule has 1 saturated carbocycles. The standard InChI is InChI=1S/C24H28FN7O2/c1-15(12-25)32-20-11-16(3-4-19(20)28-30-32)18-7-10-31-21(18)22(33-2)27-23(29-31)26-17-5-8-24(9-6-17)13-34-14-24/h3-4,7,10-11,15,17H,5-6,8-9,12-14H2,1-2H3,(H,26,29)/t15-/m0/s1. The summed E-state index contributed by atoms with van der Waals surface area (Å²) >= 11 is 0. The smallest absolute Gasteiger partial charge is 0.244 e. The van der Waals surface area contributed by atoms with Gasteiger partial charge in [0.15, 0.2) is 0 Å². The van der Waals surface area contributed by atoms with E-state index in [0.29, 0.717) is 23.3 Å². The number of hydrogen-bond donors (Lipinski definition) is 1. The Morgan fingerprint density at radius 1 is 1.26 bits per heavy atom. The van der Waals surface area contributed by atoms with Gasteiger partial charge in [0.05, 0.1) is 31.9 Å². The van der Waals surface area contributed by atoms with Gasteiger partial charge < -0.3 is 14.8 Å². The molecule has 0 bridgehead atoms. The number of benzene rings is 1. The number of rotatable bonds is 6. The van der Waals surface area contributed by atoms with Gasteiger partial charge in [0.2, 0.25) is 11.8 Å². The minimum absolute atomic E-state index is 0.344. The molecule has 2 aliphatic rings. The normalized spacial score (nSPS) is 18.9. The fourth-order valence-electron chi connectivity index (χ4n) is 5.16. The maximum Gasteiger partial charge on any atom is 0.244 e. The Hall–Kier alpha value is -3.27. The van der Waals surface area contributed by atoms with Gasteiger partial charge in [0.25, 0.3) is 0 Å². The number of aromatic nitrogens is 6. The van der Waals surface area contributed by atoms with E-state index in [0.717, 1.165) is 53.7 Å². The molecular weight excluding hydrogens is 437 g/mol. The van der Waals surface area contributed by atoms with Crippen LogP contribution in [-0.2, 0) is 4.74 Å². The number of alkyl halides is 1. The van der Waals surface area contributed by atoms with Crippen molar-refractivity contribution in [2.24, 2.45) is 5.41 Å². The Balaban J connectivity index is 1.32. The van der Waals surface area contributed by atoms with Gasteiger partial charge in [-0.2, -0.15) is 4.98 Å². The van der Waals surface area contributed by atoms with Crippen LogP contribution < -0.4 is 10.1 Å². The molecule has 6 rings (SSSR count). The lowest BCUT2D eigenvalue weighted by Crippen LogP contribution is -2.47. The van der Waals surface area contributed by atoms with Crippen molar-refractivity contribution in [3.8, 4) is 17.0 Å². The zero-order valence-electron chi connectivity index (χ0n) is 19.4. The van der Waals surface area contributed by atoms with Crippen molar-refractivity contribution >= 4 is 22.5 Å². The molecular formula is C24H28FN7O2. The summed E-state index contributed by atoms with van der Waals surface area (Å²) in [5, 5.41) is 16.5. The summed E-state index contributed by atoms with van der Waals surface area (Å²) in [4.78, 5) is 4.68. The van der Waals surface area contributed by atoms with Crippen molar-refractivity contribution in [2.45, 2.75) is 44.7 Å². The second kappa shape index (κ2) is 8.19. The minimum Gasteiger partial charge on any atom is -0.479 e. The van der Waals surface area contributed by atoms with Crippen LogP contribution in [0.25, 0.3) is 27.7 Å². The molecule has 1 spiro atoms.